The van der Waals surface area contributed by atoms with Crippen molar-refractivity contribution in [2.75, 3.05) is 5.73 Å². The van der Waals surface area contributed by atoms with Crippen molar-refractivity contribution in [2.45, 2.75) is 6.42 Å². The minimum absolute atomic E-state index is 0.544. The number of halogens is 2. The maximum atomic E-state index is 6.23. The van der Waals surface area contributed by atoms with Gasteiger partial charge in [0.1, 0.15) is 0 Å². The zero-order valence-corrected chi connectivity index (χ0v) is 13.3. The molecule has 1 aromatic heterocycles. The second-order valence-corrected chi connectivity index (χ2v) is 6.37. The number of nitrogen functional groups attached to an aromatic ring is 1. The fraction of sp³-hybridized carbons (Fsp3) is 0.0625. The fourth-order valence-corrected chi connectivity index (χ4v) is 3.25. The molecule has 2 nitrogen and oxygen atoms in total. The first-order chi connectivity index (χ1) is 10.1. The predicted molar refractivity (Wildman–Crippen MR) is 91.2 cm³/mol. The van der Waals surface area contributed by atoms with Crippen molar-refractivity contribution < 1.29 is 0 Å². The van der Waals surface area contributed by atoms with Gasteiger partial charge in [0.25, 0.3) is 0 Å². The number of nitrogens with two attached hydrogens (primary N) is 1. The Kier molecular flexibility index (Phi) is 4.15. The van der Waals surface area contributed by atoms with Crippen LogP contribution in [-0.4, -0.2) is 4.98 Å². The zero-order chi connectivity index (χ0) is 14.8. The summed E-state index contributed by atoms with van der Waals surface area (Å²) in [7, 11) is 0. The first-order valence-corrected chi connectivity index (χ1v) is 8.00. The average Bonchev–Trinajstić information content (AvgIpc) is 2.93. The molecule has 0 spiro atoms. The Morgan fingerprint density at radius 3 is 2.57 bits per heavy atom. The van der Waals surface area contributed by atoms with Crippen molar-refractivity contribution in [3.05, 3.63) is 68.5 Å². The van der Waals surface area contributed by atoms with E-state index in [1.54, 1.807) is 17.4 Å². The van der Waals surface area contributed by atoms with Crippen LogP contribution in [0.5, 0.6) is 0 Å². The van der Waals surface area contributed by atoms with Crippen molar-refractivity contribution in [3.8, 4) is 11.3 Å². The number of anilines is 1. The van der Waals surface area contributed by atoms with Crippen LogP contribution in [0.15, 0.2) is 47.8 Å². The lowest BCUT2D eigenvalue weighted by Gasteiger charge is -2.02. The summed E-state index contributed by atoms with van der Waals surface area (Å²) in [6, 6.07) is 13.4. The van der Waals surface area contributed by atoms with E-state index in [-0.39, 0.29) is 0 Å². The van der Waals surface area contributed by atoms with Gasteiger partial charge in [-0.15, -0.1) is 11.3 Å². The molecule has 0 aliphatic rings. The molecule has 0 saturated carbocycles. The lowest BCUT2D eigenvalue weighted by molar-refractivity contribution is 1.14. The highest BCUT2D eigenvalue weighted by molar-refractivity contribution is 7.10. The summed E-state index contributed by atoms with van der Waals surface area (Å²) in [5.41, 5.74) is 9.37. The molecule has 0 unspecified atom stereocenters. The van der Waals surface area contributed by atoms with Crippen molar-refractivity contribution in [1.82, 2.24) is 4.98 Å². The van der Waals surface area contributed by atoms with E-state index in [1.807, 2.05) is 41.8 Å². The van der Waals surface area contributed by atoms with E-state index >= 15 is 0 Å². The number of thiazole rings is 1. The van der Waals surface area contributed by atoms with Gasteiger partial charge in [-0.05, 0) is 23.8 Å². The van der Waals surface area contributed by atoms with Crippen LogP contribution < -0.4 is 5.73 Å². The fourth-order valence-electron chi connectivity index (χ4n) is 2.03. The molecule has 3 rings (SSSR count). The van der Waals surface area contributed by atoms with Crippen LogP contribution in [0.2, 0.25) is 10.0 Å². The summed E-state index contributed by atoms with van der Waals surface area (Å²) < 4.78 is 0. The summed E-state index contributed by atoms with van der Waals surface area (Å²) in [6.07, 6.45) is 0.781. The van der Waals surface area contributed by atoms with Gasteiger partial charge in [0.15, 0.2) is 0 Å². The van der Waals surface area contributed by atoms with E-state index in [1.165, 1.54) is 5.56 Å². The van der Waals surface area contributed by atoms with Crippen LogP contribution in [0.4, 0.5) is 5.69 Å². The molecule has 0 bridgehead atoms. The SMILES string of the molecule is Nc1ccc(Cc2nc(-c3cccc(Cl)c3Cl)cs2)cc1. The number of nitrogens with zero attached hydrogens (tertiary/aromatic N) is 1. The lowest BCUT2D eigenvalue weighted by atomic mass is 10.1. The van der Waals surface area contributed by atoms with E-state index in [2.05, 4.69) is 4.98 Å². The summed E-state index contributed by atoms with van der Waals surface area (Å²) in [4.78, 5) is 4.64. The second-order valence-electron chi connectivity index (χ2n) is 4.65. The van der Waals surface area contributed by atoms with Crippen LogP contribution in [0.3, 0.4) is 0 Å². The molecule has 2 N–H and O–H groups in total. The van der Waals surface area contributed by atoms with Crippen LogP contribution in [0.1, 0.15) is 10.6 Å². The Morgan fingerprint density at radius 2 is 1.81 bits per heavy atom. The number of aromatic nitrogens is 1. The van der Waals surface area contributed by atoms with Gasteiger partial charge in [-0.3, -0.25) is 0 Å². The van der Waals surface area contributed by atoms with Crippen LogP contribution in [-0.2, 0) is 6.42 Å². The summed E-state index contributed by atoms with van der Waals surface area (Å²) >= 11 is 13.9. The van der Waals surface area contributed by atoms with Gasteiger partial charge in [0, 0.05) is 23.1 Å². The van der Waals surface area contributed by atoms with E-state index in [0.29, 0.717) is 10.0 Å². The molecule has 5 heteroatoms. The first kappa shape index (κ1) is 14.4. The maximum absolute atomic E-state index is 6.23. The van der Waals surface area contributed by atoms with Crippen molar-refractivity contribution in [1.29, 1.82) is 0 Å². The zero-order valence-electron chi connectivity index (χ0n) is 11.0. The predicted octanol–water partition coefficient (Wildman–Crippen LogP) is 5.29. The van der Waals surface area contributed by atoms with Gasteiger partial charge >= 0.3 is 0 Å². The van der Waals surface area contributed by atoms with Crippen molar-refractivity contribution in [2.24, 2.45) is 0 Å². The Bertz CT molecular complexity index is 766. The number of hydrogen-bond donors (Lipinski definition) is 1. The summed E-state index contributed by atoms with van der Waals surface area (Å²) in [5, 5.41) is 4.13. The molecule has 0 aliphatic carbocycles. The monoisotopic (exact) mass is 334 g/mol. The largest absolute Gasteiger partial charge is 0.399 e. The summed E-state index contributed by atoms with van der Waals surface area (Å²) in [5.74, 6) is 0. The highest BCUT2D eigenvalue weighted by Gasteiger charge is 2.10. The van der Waals surface area contributed by atoms with Crippen molar-refractivity contribution >= 4 is 40.2 Å². The van der Waals surface area contributed by atoms with Gasteiger partial charge in [-0.1, -0.05) is 47.5 Å². The summed E-state index contributed by atoms with van der Waals surface area (Å²) in [6.45, 7) is 0. The molecule has 3 aromatic rings. The van der Waals surface area contributed by atoms with E-state index in [0.717, 1.165) is 28.4 Å². The maximum Gasteiger partial charge on any atom is 0.0976 e. The molecule has 21 heavy (non-hydrogen) atoms. The second kappa shape index (κ2) is 6.06. The average molecular weight is 335 g/mol. The lowest BCUT2D eigenvalue weighted by Crippen LogP contribution is -1.89. The Hall–Kier alpha value is -1.55. The van der Waals surface area contributed by atoms with Gasteiger partial charge in [0.05, 0.1) is 20.7 Å². The third-order valence-corrected chi connectivity index (χ3v) is 4.78. The molecule has 1 heterocycles. The van der Waals surface area contributed by atoms with E-state index < -0.39 is 0 Å². The molecule has 2 aromatic carbocycles. The smallest absolute Gasteiger partial charge is 0.0976 e. The molecule has 0 fully saturated rings. The Balaban J connectivity index is 1.86. The molecular formula is C16H12Cl2N2S. The van der Waals surface area contributed by atoms with Crippen LogP contribution in [0.25, 0.3) is 11.3 Å². The van der Waals surface area contributed by atoms with Crippen LogP contribution >= 0.6 is 34.5 Å². The van der Waals surface area contributed by atoms with Gasteiger partial charge in [0.2, 0.25) is 0 Å². The molecular weight excluding hydrogens is 323 g/mol. The minimum atomic E-state index is 0.544. The highest BCUT2D eigenvalue weighted by atomic mass is 35.5. The minimum Gasteiger partial charge on any atom is -0.399 e. The third kappa shape index (κ3) is 3.21. The van der Waals surface area contributed by atoms with Gasteiger partial charge < -0.3 is 5.73 Å². The van der Waals surface area contributed by atoms with Crippen LogP contribution in [0, 0.1) is 0 Å². The van der Waals surface area contributed by atoms with Crippen molar-refractivity contribution in [3.63, 3.8) is 0 Å². The molecule has 0 aliphatic heterocycles. The first-order valence-electron chi connectivity index (χ1n) is 6.36. The van der Waals surface area contributed by atoms with Gasteiger partial charge in [-0.2, -0.15) is 0 Å². The normalized spacial score (nSPS) is 10.8. The number of benzene rings is 2. The van der Waals surface area contributed by atoms with E-state index in [9.17, 15) is 0 Å². The highest BCUT2D eigenvalue weighted by Crippen LogP contribution is 2.34. The number of rotatable bonds is 3. The Labute approximate surface area is 137 Å². The third-order valence-electron chi connectivity index (χ3n) is 3.11. The standard InChI is InChI=1S/C16H12Cl2N2S/c17-13-3-1-2-12(16(13)18)14-9-21-15(20-14)8-10-4-6-11(19)7-5-10/h1-7,9H,8,19H2. The quantitative estimate of drug-likeness (QED) is 0.661. The molecule has 0 atom stereocenters. The number of hydrogen-bond acceptors (Lipinski definition) is 3. The molecule has 106 valence electrons. The van der Waals surface area contributed by atoms with Gasteiger partial charge in [-0.25, -0.2) is 4.98 Å². The topological polar surface area (TPSA) is 38.9 Å². The molecule has 0 radical (unpaired) electrons. The molecule has 0 amide bonds. The van der Waals surface area contributed by atoms with E-state index in [4.69, 9.17) is 28.9 Å². The molecule has 0 saturated heterocycles. The Morgan fingerprint density at radius 1 is 1.05 bits per heavy atom.